The number of fused-ring (bicyclic) bond motifs is 7. The molecule has 0 aliphatic heterocycles. The normalized spacial score (nSPS) is 56.2. The second-order valence-electron chi connectivity index (χ2n) is 15.4. The van der Waals surface area contributed by atoms with E-state index in [2.05, 4.69) is 55.4 Å². The van der Waals surface area contributed by atoms with Gasteiger partial charge in [-0.05, 0) is 135 Å². The van der Waals surface area contributed by atoms with E-state index in [4.69, 9.17) is 0 Å². The predicted octanol–water partition coefficient (Wildman–Crippen LogP) is 8.25. The van der Waals surface area contributed by atoms with Crippen LogP contribution in [0.3, 0.4) is 0 Å². The third-order valence-corrected chi connectivity index (χ3v) is 13.6. The van der Waals surface area contributed by atoms with Crippen LogP contribution in [0.25, 0.3) is 0 Å². The van der Waals surface area contributed by atoms with Gasteiger partial charge in [0, 0.05) is 0 Å². The van der Waals surface area contributed by atoms with Gasteiger partial charge in [-0.1, -0.05) is 48.0 Å². The van der Waals surface area contributed by atoms with Gasteiger partial charge in [-0.15, -0.1) is 0 Å². The Bertz CT molecular complexity index is 731. The SMILES string of the molecule is CC(C)(O)C1CCC2C3CCC4C5(C)CCCC(C)(C)C5CCC4(C)C3(C)CCC21C. The summed E-state index contributed by atoms with van der Waals surface area (Å²) in [4.78, 5) is 0. The molecule has 0 bridgehead atoms. The topological polar surface area (TPSA) is 20.2 Å². The molecule has 1 N–H and O–H groups in total. The Kier molecular flexibility index (Phi) is 4.80. The number of rotatable bonds is 1. The molecule has 1 heteroatoms. The summed E-state index contributed by atoms with van der Waals surface area (Å²) >= 11 is 0. The fourth-order valence-corrected chi connectivity index (χ4v) is 12.2. The van der Waals surface area contributed by atoms with Gasteiger partial charge in [-0.3, -0.25) is 0 Å². The predicted molar refractivity (Wildman–Crippen MR) is 131 cm³/mol. The summed E-state index contributed by atoms with van der Waals surface area (Å²) in [5.41, 5.74) is 1.89. The van der Waals surface area contributed by atoms with E-state index in [0.29, 0.717) is 33.0 Å². The van der Waals surface area contributed by atoms with Crippen molar-refractivity contribution < 1.29 is 5.11 Å². The van der Waals surface area contributed by atoms with Crippen LogP contribution >= 0.6 is 0 Å². The molecule has 5 fully saturated rings. The fourth-order valence-electron chi connectivity index (χ4n) is 12.2. The molecule has 9 unspecified atom stereocenters. The van der Waals surface area contributed by atoms with Crippen LogP contribution in [-0.4, -0.2) is 10.7 Å². The Labute approximate surface area is 193 Å². The van der Waals surface area contributed by atoms with Crippen LogP contribution in [0, 0.1) is 56.7 Å². The van der Waals surface area contributed by atoms with Gasteiger partial charge in [-0.2, -0.15) is 0 Å². The highest BCUT2D eigenvalue weighted by atomic mass is 16.3. The zero-order valence-electron chi connectivity index (χ0n) is 22.1. The summed E-state index contributed by atoms with van der Waals surface area (Å²) in [5.74, 6) is 4.01. The molecule has 5 aliphatic carbocycles. The molecule has 31 heavy (non-hydrogen) atoms. The molecule has 0 amide bonds. The first-order valence-electron chi connectivity index (χ1n) is 13.9. The van der Waals surface area contributed by atoms with Gasteiger partial charge >= 0.3 is 0 Å². The fraction of sp³-hybridized carbons (Fsp3) is 1.00. The third-order valence-electron chi connectivity index (χ3n) is 13.6. The van der Waals surface area contributed by atoms with E-state index < -0.39 is 5.60 Å². The van der Waals surface area contributed by atoms with Crippen molar-refractivity contribution >= 4 is 0 Å². The molecule has 5 aliphatic rings. The van der Waals surface area contributed by atoms with Gasteiger partial charge in [0.05, 0.1) is 5.60 Å². The van der Waals surface area contributed by atoms with Crippen LogP contribution < -0.4 is 0 Å². The highest BCUT2D eigenvalue weighted by Gasteiger charge is 2.70. The molecule has 0 heterocycles. The largest absolute Gasteiger partial charge is 0.390 e. The van der Waals surface area contributed by atoms with Crippen molar-refractivity contribution in [2.45, 2.75) is 132 Å². The van der Waals surface area contributed by atoms with Gasteiger partial charge in [0.1, 0.15) is 0 Å². The first-order chi connectivity index (χ1) is 14.2. The minimum absolute atomic E-state index is 0.347. The van der Waals surface area contributed by atoms with Crippen LogP contribution in [0.5, 0.6) is 0 Å². The van der Waals surface area contributed by atoms with Gasteiger partial charge < -0.3 is 5.11 Å². The van der Waals surface area contributed by atoms with Gasteiger partial charge in [0.15, 0.2) is 0 Å². The smallest absolute Gasteiger partial charge is 0.0625 e. The minimum atomic E-state index is -0.530. The summed E-state index contributed by atoms with van der Waals surface area (Å²) < 4.78 is 0. The van der Waals surface area contributed by atoms with Crippen molar-refractivity contribution in [2.75, 3.05) is 0 Å². The van der Waals surface area contributed by atoms with Gasteiger partial charge in [0.2, 0.25) is 0 Å². The van der Waals surface area contributed by atoms with E-state index >= 15 is 0 Å². The lowest BCUT2D eigenvalue weighted by atomic mass is 9.32. The highest BCUT2D eigenvalue weighted by Crippen LogP contribution is 2.77. The maximum Gasteiger partial charge on any atom is 0.0625 e. The van der Waals surface area contributed by atoms with E-state index in [1.54, 1.807) is 0 Å². The van der Waals surface area contributed by atoms with Crippen molar-refractivity contribution in [3.63, 3.8) is 0 Å². The van der Waals surface area contributed by atoms with Crippen LogP contribution in [0.15, 0.2) is 0 Å². The van der Waals surface area contributed by atoms with Gasteiger partial charge in [0.25, 0.3) is 0 Å². The summed E-state index contributed by atoms with van der Waals surface area (Å²) in [7, 11) is 0. The van der Waals surface area contributed by atoms with Crippen molar-refractivity contribution in [1.82, 2.24) is 0 Å². The van der Waals surface area contributed by atoms with E-state index in [-0.39, 0.29) is 0 Å². The molecule has 9 atom stereocenters. The summed E-state index contributed by atoms with van der Waals surface area (Å²) in [6.45, 7) is 20.2. The van der Waals surface area contributed by atoms with Crippen LogP contribution in [-0.2, 0) is 0 Å². The van der Waals surface area contributed by atoms with Crippen molar-refractivity contribution in [1.29, 1.82) is 0 Å². The Morgan fingerprint density at radius 1 is 0.613 bits per heavy atom. The lowest BCUT2D eigenvalue weighted by Gasteiger charge is -2.72. The monoisotopic (exact) mass is 428 g/mol. The first kappa shape index (κ1) is 22.7. The summed E-state index contributed by atoms with van der Waals surface area (Å²) in [6.07, 6.45) is 15.6. The standard InChI is InChI=1S/C30H52O/c1-25(2)15-9-16-28(6)22(25)14-17-30(8)24(28)13-11-21-20-10-12-23(26(3,4)31)27(20,5)18-19-29(21,30)7/h20-24,31H,9-19H2,1-8H3. The van der Waals surface area contributed by atoms with Crippen LogP contribution in [0.2, 0.25) is 0 Å². The second kappa shape index (κ2) is 6.55. The summed E-state index contributed by atoms with van der Waals surface area (Å²) in [5, 5.41) is 11.0. The zero-order chi connectivity index (χ0) is 22.7. The molecule has 0 aromatic rings. The second-order valence-corrected chi connectivity index (χ2v) is 15.4. The molecule has 178 valence electrons. The maximum atomic E-state index is 11.0. The average Bonchev–Trinajstić information content (AvgIpc) is 2.99. The van der Waals surface area contributed by atoms with Crippen molar-refractivity contribution in [3.8, 4) is 0 Å². The number of hydrogen-bond acceptors (Lipinski definition) is 1. The average molecular weight is 429 g/mol. The van der Waals surface area contributed by atoms with Gasteiger partial charge in [-0.25, -0.2) is 0 Å². The van der Waals surface area contributed by atoms with E-state index in [1.807, 2.05) is 0 Å². The zero-order valence-corrected chi connectivity index (χ0v) is 22.1. The Balaban J connectivity index is 1.51. The molecule has 0 saturated heterocycles. The van der Waals surface area contributed by atoms with Crippen LogP contribution in [0.4, 0.5) is 0 Å². The van der Waals surface area contributed by atoms with Crippen LogP contribution in [0.1, 0.15) is 126 Å². The molecular formula is C30H52O. The lowest BCUT2D eigenvalue weighted by Crippen LogP contribution is -2.65. The first-order valence-corrected chi connectivity index (χ1v) is 13.9. The lowest BCUT2D eigenvalue weighted by molar-refractivity contribution is -0.237. The van der Waals surface area contributed by atoms with E-state index in [0.717, 1.165) is 23.7 Å². The molecule has 0 spiro atoms. The number of aliphatic hydroxyl groups is 1. The Morgan fingerprint density at radius 3 is 1.97 bits per heavy atom. The quantitative estimate of drug-likeness (QED) is 0.445. The Morgan fingerprint density at radius 2 is 1.29 bits per heavy atom. The molecule has 1 nitrogen and oxygen atoms in total. The minimum Gasteiger partial charge on any atom is -0.390 e. The molecule has 0 aromatic carbocycles. The maximum absolute atomic E-state index is 11.0. The van der Waals surface area contributed by atoms with Crippen molar-refractivity contribution in [3.05, 3.63) is 0 Å². The number of hydrogen-bond donors (Lipinski definition) is 1. The molecule has 0 radical (unpaired) electrons. The Hall–Kier alpha value is -0.0400. The van der Waals surface area contributed by atoms with Crippen molar-refractivity contribution in [2.24, 2.45) is 56.7 Å². The van der Waals surface area contributed by atoms with E-state index in [1.165, 1.54) is 70.6 Å². The third kappa shape index (κ3) is 2.77. The highest BCUT2D eigenvalue weighted by molar-refractivity contribution is 5.19. The molecule has 0 aromatic heterocycles. The summed E-state index contributed by atoms with van der Waals surface area (Å²) in [6, 6.07) is 0. The van der Waals surface area contributed by atoms with E-state index in [9.17, 15) is 5.11 Å². The molecular weight excluding hydrogens is 376 g/mol. The molecule has 5 rings (SSSR count). The molecule has 5 saturated carbocycles.